The Morgan fingerprint density at radius 1 is 1.20 bits per heavy atom. The largest absolute Gasteiger partial charge is 0.385 e. The van der Waals surface area contributed by atoms with Gasteiger partial charge in [0.1, 0.15) is 10.6 Å². The monoisotopic (exact) mass is 296 g/mol. The first-order valence-electron chi connectivity index (χ1n) is 6.49. The van der Waals surface area contributed by atoms with E-state index in [-0.39, 0.29) is 0 Å². The standard InChI is InChI=1S/C13H20N4O2S/c1-18-7-3-5-17(6-8-19-2)11-10-4-9-20-12(10)16-13(14)15-11/h4,9H,3,5-8H2,1-2H3,(H2,14,15,16). The topological polar surface area (TPSA) is 73.5 Å². The number of fused-ring (bicyclic) bond motifs is 1. The Balaban J connectivity index is 2.26. The Kier molecular flexibility index (Phi) is 5.51. The third kappa shape index (κ3) is 3.56. The summed E-state index contributed by atoms with van der Waals surface area (Å²) in [5.74, 6) is 1.19. The first kappa shape index (κ1) is 15.0. The Hall–Kier alpha value is -1.44. The summed E-state index contributed by atoms with van der Waals surface area (Å²) in [5.41, 5.74) is 5.81. The summed E-state index contributed by atoms with van der Waals surface area (Å²) in [7, 11) is 3.40. The number of ether oxygens (including phenoxy) is 2. The summed E-state index contributed by atoms with van der Waals surface area (Å²) in [6.07, 6.45) is 0.926. The van der Waals surface area contributed by atoms with E-state index in [0.29, 0.717) is 12.6 Å². The Morgan fingerprint density at radius 3 is 2.75 bits per heavy atom. The Labute approximate surface area is 122 Å². The minimum absolute atomic E-state index is 0.309. The van der Waals surface area contributed by atoms with Crippen LogP contribution >= 0.6 is 11.3 Å². The molecule has 0 aliphatic heterocycles. The van der Waals surface area contributed by atoms with Gasteiger partial charge in [-0.05, 0) is 17.9 Å². The van der Waals surface area contributed by atoms with E-state index in [1.165, 1.54) is 0 Å². The van der Waals surface area contributed by atoms with E-state index in [2.05, 4.69) is 14.9 Å². The molecular weight excluding hydrogens is 276 g/mol. The summed E-state index contributed by atoms with van der Waals surface area (Å²) in [6, 6.07) is 2.03. The van der Waals surface area contributed by atoms with E-state index < -0.39 is 0 Å². The molecule has 0 spiro atoms. The highest BCUT2D eigenvalue weighted by Crippen LogP contribution is 2.28. The fraction of sp³-hybridized carbons (Fsp3) is 0.538. The van der Waals surface area contributed by atoms with Crippen LogP contribution in [0.25, 0.3) is 10.2 Å². The van der Waals surface area contributed by atoms with Crippen LogP contribution in [-0.4, -0.2) is 50.5 Å². The number of nitrogens with zero attached hydrogens (tertiary/aromatic N) is 3. The number of thiophene rings is 1. The van der Waals surface area contributed by atoms with Gasteiger partial charge in [0.25, 0.3) is 0 Å². The van der Waals surface area contributed by atoms with Gasteiger partial charge in [0.05, 0.1) is 12.0 Å². The highest BCUT2D eigenvalue weighted by molar-refractivity contribution is 7.16. The number of rotatable bonds is 8. The van der Waals surface area contributed by atoms with E-state index in [9.17, 15) is 0 Å². The third-order valence-electron chi connectivity index (χ3n) is 2.96. The van der Waals surface area contributed by atoms with Gasteiger partial charge in [-0.25, -0.2) is 4.98 Å². The molecule has 0 saturated carbocycles. The lowest BCUT2D eigenvalue weighted by Crippen LogP contribution is -2.30. The summed E-state index contributed by atoms with van der Waals surface area (Å²) < 4.78 is 10.3. The lowest BCUT2D eigenvalue weighted by atomic mass is 10.3. The van der Waals surface area contributed by atoms with Crippen LogP contribution in [0.4, 0.5) is 11.8 Å². The maximum absolute atomic E-state index is 5.81. The number of hydrogen-bond donors (Lipinski definition) is 1. The molecule has 7 heteroatoms. The molecule has 0 fully saturated rings. The Bertz CT molecular complexity index is 546. The van der Waals surface area contributed by atoms with Crippen LogP contribution < -0.4 is 10.6 Å². The molecule has 0 aliphatic rings. The molecule has 2 N–H and O–H groups in total. The van der Waals surface area contributed by atoms with Crippen LogP contribution in [0, 0.1) is 0 Å². The van der Waals surface area contributed by atoms with E-state index in [0.717, 1.165) is 42.2 Å². The fourth-order valence-electron chi connectivity index (χ4n) is 2.02. The zero-order chi connectivity index (χ0) is 14.4. The van der Waals surface area contributed by atoms with E-state index in [1.54, 1.807) is 25.6 Å². The van der Waals surface area contributed by atoms with Crippen molar-refractivity contribution in [1.29, 1.82) is 0 Å². The van der Waals surface area contributed by atoms with Gasteiger partial charge in [-0.2, -0.15) is 4.98 Å². The minimum atomic E-state index is 0.309. The summed E-state index contributed by atoms with van der Waals surface area (Å²) in [4.78, 5) is 11.8. The zero-order valence-electron chi connectivity index (χ0n) is 11.8. The van der Waals surface area contributed by atoms with Crippen LogP contribution in [0.1, 0.15) is 6.42 Å². The van der Waals surface area contributed by atoms with Gasteiger partial charge < -0.3 is 20.1 Å². The quantitative estimate of drug-likeness (QED) is 0.748. The summed E-state index contributed by atoms with van der Waals surface area (Å²) in [5, 5.41) is 3.05. The molecule has 0 saturated heterocycles. The van der Waals surface area contributed by atoms with Crippen molar-refractivity contribution >= 4 is 33.3 Å². The van der Waals surface area contributed by atoms with Gasteiger partial charge in [0.15, 0.2) is 0 Å². The summed E-state index contributed by atoms with van der Waals surface area (Å²) in [6.45, 7) is 2.97. The molecule has 20 heavy (non-hydrogen) atoms. The number of hydrogen-bond acceptors (Lipinski definition) is 7. The van der Waals surface area contributed by atoms with Gasteiger partial charge in [-0.3, -0.25) is 0 Å². The molecule has 0 bridgehead atoms. The van der Waals surface area contributed by atoms with Crippen molar-refractivity contribution in [2.75, 3.05) is 51.2 Å². The van der Waals surface area contributed by atoms with E-state index in [4.69, 9.17) is 15.2 Å². The molecule has 0 aromatic carbocycles. The smallest absolute Gasteiger partial charge is 0.223 e. The fourth-order valence-corrected chi connectivity index (χ4v) is 2.79. The van der Waals surface area contributed by atoms with Crippen molar-refractivity contribution in [2.45, 2.75) is 6.42 Å². The third-order valence-corrected chi connectivity index (χ3v) is 3.77. The average molecular weight is 296 g/mol. The Morgan fingerprint density at radius 2 is 2.00 bits per heavy atom. The average Bonchev–Trinajstić information content (AvgIpc) is 2.90. The van der Waals surface area contributed by atoms with Crippen molar-refractivity contribution in [3.63, 3.8) is 0 Å². The van der Waals surface area contributed by atoms with Gasteiger partial charge in [-0.1, -0.05) is 0 Å². The maximum Gasteiger partial charge on any atom is 0.223 e. The lowest BCUT2D eigenvalue weighted by Gasteiger charge is -2.24. The van der Waals surface area contributed by atoms with Gasteiger partial charge in [0, 0.05) is 33.9 Å². The highest BCUT2D eigenvalue weighted by atomic mass is 32.1. The van der Waals surface area contributed by atoms with Crippen molar-refractivity contribution in [2.24, 2.45) is 0 Å². The molecule has 0 unspecified atom stereocenters. The molecular formula is C13H20N4O2S. The van der Waals surface area contributed by atoms with Crippen LogP contribution in [-0.2, 0) is 9.47 Å². The molecule has 2 rings (SSSR count). The van der Waals surface area contributed by atoms with Crippen molar-refractivity contribution < 1.29 is 9.47 Å². The maximum atomic E-state index is 5.81. The summed E-state index contributed by atoms with van der Waals surface area (Å²) >= 11 is 1.57. The van der Waals surface area contributed by atoms with E-state index >= 15 is 0 Å². The first-order chi connectivity index (χ1) is 9.76. The van der Waals surface area contributed by atoms with Crippen LogP contribution in [0.15, 0.2) is 11.4 Å². The minimum Gasteiger partial charge on any atom is -0.385 e. The van der Waals surface area contributed by atoms with Gasteiger partial charge >= 0.3 is 0 Å². The second-order valence-corrected chi connectivity index (χ2v) is 5.27. The normalized spacial score (nSPS) is 11.1. The van der Waals surface area contributed by atoms with Crippen LogP contribution in [0.2, 0.25) is 0 Å². The second-order valence-electron chi connectivity index (χ2n) is 4.37. The predicted octanol–water partition coefficient (Wildman–Crippen LogP) is 1.76. The van der Waals surface area contributed by atoms with Gasteiger partial charge in [-0.15, -0.1) is 11.3 Å². The lowest BCUT2D eigenvalue weighted by molar-refractivity contribution is 0.191. The van der Waals surface area contributed by atoms with Crippen molar-refractivity contribution in [1.82, 2.24) is 9.97 Å². The SMILES string of the molecule is COCCCN(CCOC)c1nc(N)nc2sccc12. The molecule has 0 radical (unpaired) electrons. The molecule has 110 valence electrons. The molecule has 2 aromatic heterocycles. The van der Waals surface area contributed by atoms with Crippen LogP contribution in [0.5, 0.6) is 0 Å². The highest BCUT2D eigenvalue weighted by Gasteiger charge is 2.14. The van der Waals surface area contributed by atoms with E-state index in [1.807, 2.05) is 11.4 Å². The molecule has 0 aliphatic carbocycles. The second kappa shape index (κ2) is 7.37. The van der Waals surface area contributed by atoms with Crippen molar-refractivity contribution in [3.8, 4) is 0 Å². The number of methoxy groups -OCH3 is 2. The molecule has 6 nitrogen and oxygen atoms in total. The van der Waals surface area contributed by atoms with Crippen molar-refractivity contribution in [3.05, 3.63) is 11.4 Å². The number of aromatic nitrogens is 2. The molecule has 2 heterocycles. The van der Waals surface area contributed by atoms with Crippen LogP contribution in [0.3, 0.4) is 0 Å². The first-order valence-corrected chi connectivity index (χ1v) is 7.37. The molecule has 2 aromatic rings. The number of anilines is 2. The molecule has 0 atom stereocenters. The number of nitrogens with two attached hydrogens (primary N) is 1. The zero-order valence-corrected chi connectivity index (χ0v) is 12.7. The predicted molar refractivity (Wildman–Crippen MR) is 82.4 cm³/mol. The number of nitrogen functional groups attached to an aromatic ring is 1. The molecule has 0 amide bonds. The van der Waals surface area contributed by atoms with Gasteiger partial charge in [0.2, 0.25) is 5.95 Å².